The SMILES string of the molecule is C=CC(=O)Nc1cccc(C2=CC=CC(=C/N=C)/C2=N\c2ccc(N3CCN(CCO)CC3)c(F)c2F)c1. The van der Waals surface area contributed by atoms with Gasteiger partial charge in [0.05, 0.1) is 18.0 Å². The molecule has 2 aliphatic rings. The van der Waals surface area contributed by atoms with Gasteiger partial charge in [-0.3, -0.25) is 14.7 Å². The summed E-state index contributed by atoms with van der Waals surface area (Å²) in [4.78, 5) is 24.0. The topological polar surface area (TPSA) is 80.5 Å². The Hall–Kier alpha value is -4.21. The van der Waals surface area contributed by atoms with Gasteiger partial charge in [-0.15, -0.1) is 0 Å². The summed E-state index contributed by atoms with van der Waals surface area (Å²) in [6.07, 6.45) is 8.04. The fraction of sp³-hybridized carbons (Fsp3) is 0.207. The Labute approximate surface area is 220 Å². The summed E-state index contributed by atoms with van der Waals surface area (Å²) in [5.74, 6) is -2.35. The third kappa shape index (κ3) is 6.01. The third-order valence-corrected chi connectivity index (χ3v) is 6.33. The maximum absolute atomic E-state index is 15.4. The molecule has 0 spiro atoms. The number of carbonyl (C=O) groups excluding carboxylic acids is 1. The highest BCUT2D eigenvalue weighted by molar-refractivity contribution is 6.34. The third-order valence-electron chi connectivity index (χ3n) is 6.33. The molecular formula is C29H29F2N5O2. The summed E-state index contributed by atoms with van der Waals surface area (Å²) < 4.78 is 30.6. The molecule has 1 heterocycles. The van der Waals surface area contributed by atoms with Crippen molar-refractivity contribution in [3.8, 4) is 0 Å². The van der Waals surface area contributed by atoms with Gasteiger partial charge in [-0.1, -0.05) is 36.9 Å². The summed E-state index contributed by atoms with van der Waals surface area (Å²) in [6, 6.07) is 10.1. The van der Waals surface area contributed by atoms with Crippen molar-refractivity contribution in [3.63, 3.8) is 0 Å². The van der Waals surface area contributed by atoms with Crippen molar-refractivity contribution in [1.29, 1.82) is 0 Å². The van der Waals surface area contributed by atoms with Crippen LogP contribution >= 0.6 is 0 Å². The van der Waals surface area contributed by atoms with Crippen LogP contribution in [0.2, 0.25) is 0 Å². The van der Waals surface area contributed by atoms with Crippen LogP contribution in [0.25, 0.3) is 5.57 Å². The van der Waals surface area contributed by atoms with Crippen molar-refractivity contribution in [3.05, 3.63) is 96.3 Å². The summed E-state index contributed by atoms with van der Waals surface area (Å²) >= 11 is 0. The molecule has 2 aromatic carbocycles. The lowest BCUT2D eigenvalue weighted by molar-refractivity contribution is -0.111. The van der Waals surface area contributed by atoms with Gasteiger partial charge in [-0.25, -0.2) is 13.8 Å². The minimum Gasteiger partial charge on any atom is -0.395 e. The number of amides is 1. The van der Waals surface area contributed by atoms with Gasteiger partial charge in [0.15, 0.2) is 11.6 Å². The monoisotopic (exact) mass is 517 g/mol. The molecule has 2 N–H and O–H groups in total. The van der Waals surface area contributed by atoms with Crippen LogP contribution < -0.4 is 10.2 Å². The number of carbonyl (C=O) groups is 1. The first-order valence-corrected chi connectivity index (χ1v) is 12.2. The molecule has 1 fully saturated rings. The van der Waals surface area contributed by atoms with Gasteiger partial charge in [0, 0.05) is 55.8 Å². The molecule has 0 unspecified atom stereocenters. The molecule has 196 valence electrons. The Balaban J connectivity index is 1.69. The largest absolute Gasteiger partial charge is 0.395 e. The number of rotatable bonds is 8. The first-order valence-electron chi connectivity index (χ1n) is 12.2. The summed E-state index contributed by atoms with van der Waals surface area (Å²) in [7, 11) is 0. The number of halogens is 2. The molecule has 0 aromatic heterocycles. The first kappa shape index (κ1) is 26.8. The Morgan fingerprint density at radius 2 is 1.92 bits per heavy atom. The average Bonchev–Trinajstić information content (AvgIpc) is 2.93. The van der Waals surface area contributed by atoms with E-state index in [-0.39, 0.29) is 23.9 Å². The van der Waals surface area contributed by atoms with Gasteiger partial charge in [0.1, 0.15) is 5.69 Å². The van der Waals surface area contributed by atoms with Gasteiger partial charge in [0.2, 0.25) is 5.91 Å². The molecule has 0 radical (unpaired) electrons. The maximum atomic E-state index is 15.4. The maximum Gasteiger partial charge on any atom is 0.247 e. The smallest absolute Gasteiger partial charge is 0.247 e. The van der Waals surface area contributed by atoms with Crippen LogP contribution in [-0.4, -0.2) is 67.7 Å². The number of hydrogen-bond donors (Lipinski definition) is 2. The molecule has 1 saturated heterocycles. The van der Waals surface area contributed by atoms with Crippen molar-refractivity contribution in [2.24, 2.45) is 9.98 Å². The second-order valence-electron chi connectivity index (χ2n) is 8.73. The summed E-state index contributed by atoms with van der Waals surface area (Å²) in [5.41, 5.74) is 2.90. The van der Waals surface area contributed by atoms with Gasteiger partial charge in [-0.2, -0.15) is 0 Å². The average molecular weight is 518 g/mol. The molecule has 0 saturated carbocycles. The molecule has 9 heteroatoms. The lowest BCUT2D eigenvalue weighted by atomic mass is 9.91. The number of allylic oxidation sites excluding steroid dienone is 5. The van der Waals surface area contributed by atoms with E-state index in [2.05, 4.69) is 33.5 Å². The standard InChI is InChI=1S/C29H29F2N5O2/c1-3-26(38)33-22-8-4-6-20(18-22)23-9-5-7-21(19-32-2)29(23)34-24-10-11-25(28(31)27(24)30)36-14-12-35(13-15-36)16-17-37/h3-11,18-19,37H,1-2,12-17H2,(H,33,38)/b21-19-,34-29+. The van der Waals surface area contributed by atoms with E-state index in [1.165, 1.54) is 18.3 Å². The lowest BCUT2D eigenvalue weighted by Gasteiger charge is -2.36. The molecular weight excluding hydrogens is 488 g/mol. The van der Waals surface area contributed by atoms with E-state index in [0.29, 0.717) is 60.8 Å². The molecule has 0 bridgehead atoms. The van der Waals surface area contributed by atoms with E-state index in [1.54, 1.807) is 41.3 Å². The van der Waals surface area contributed by atoms with Crippen LogP contribution in [0.3, 0.4) is 0 Å². The first-order chi connectivity index (χ1) is 18.4. The highest BCUT2D eigenvalue weighted by Crippen LogP contribution is 2.33. The molecule has 1 aliphatic carbocycles. The van der Waals surface area contributed by atoms with Crippen LogP contribution in [0.15, 0.2) is 89.0 Å². The summed E-state index contributed by atoms with van der Waals surface area (Å²) in [6.45, 7) is 9.96. The van der Waals surface area contributed by atoms with Gasteiger partial charge >= 0.3 is 0 Å². The zero-order chi connectivity index (χ0) is 27.1. The number of nitrogens with zero attached hydrogens (tertiary/aromatic N) is 4. The molecule has 2 aromatic rings. The van der Waals surface area contributed by atoms with Crippen LogP contribution in [0.4, 0.5) is 25.8 Å². The van der Waals surface area contributed by atoms with Crippen molar-refractivity contribution < 1.29 is 18.7 Å². The van der Waals surface area contributed by atoms with Crippen molar-refractivity contribution in [2.45, 2.75) is 0 Å². The molecule has 38 heavy (non-hydrogen) atoms. The van der Waals surface area contributed by atoms with Gasteiger partial charge < -0.3 is 15.3 Å². The van der Waals surface area contributed by atoms with E-state index < -0.39 is 11.6 Å². The predicted molar refractivity (Wildman–Crippen MR) is 149 cm³/mol. The van der Waals surface area contributed by atoms with Crippen LogP contribution in [-0.2, 0) is 4.79 Å². The van der Waals surface area contributed by atoms with E-state index in [4.69, 9.17) is 5.11 Å². The van der Waals surface area contributed by atoms with Crippen LogP contribution in [0, 0.1) is 11.6 Å². The molecule has 0 atom stereocenters. The zero-order valence-corrected chi connectivity index (χ0v) is 20.9. The predicted octanol–water partition coefficient (Wildman–Crippen LogP) is 4.51. The number of aliphatic imine (C=N–C) groups is 2. The Bertz CT molecular complexity index is 1350. The molecule has 4 rings (SSSR count). The van der Waals surface area contributed by atoms with E-state index in [1.807, 2.05) is 12.1 Å². The number of benzene rings is 2. The number of anilines is 2. The molecule has 7 nitrogen and oxygen atoms in total. The fourth-order valence-corrected chi connectivity index (χ4v) is 4.41. The summed E-state index contributed by atoms with van der Waals surface area (Å²) in [5, 5.41) is 11.9. The van der Waals surface area contributed by atoms with Gasteiger partial charge in [0.25, 0.3) is 0 Å². The van der Waals surface area contributed by atoms with E-state index in [0.717, 1.165) is 0 Å². The Kier molecular flexibility index (Phi) is 8.73. The normalized spacial score (nSPS) is 18.0. The lowest BCUT2D eigenvalue weighted by Crippen LogP contribution is -2.47. The van der Waals surface area contributed by atoms with Crippen molar-refractivity contribution in [1.82, 2.24) is 4.90 Å². The number of hydrogen-bond acceptors (Lipinski definition) is 6. The highest BCUT2D eigenvalue weighted by Gasteiger charge is 2.24. The Morgan fingerprint density at radius 1 is 1.13 bits per heavy atom. The fourth-order valence-electron chi connectivity index (χ4n) is 4.41. The second-order valence-corrected chi connectivity index (χ2v) is 8.73. The molecule has 1 amide bonds. The van der Waals surface area contributed by atoms with E-state index in [9.17, 15) is 4.79 Å². The minimum absolute atomic E-state index is 0.0647. The zero-order valence-electron chi connectivity index (χ0n) is 20.9. The minimum atomic E-state index is -1.04. The van der Waals surface area contributed by atoms with Crippen molar-refractivity contribution in [2.75, 3.05) is 49.5 Å². The van der Waals surface area contributed by atoms with Crippen LogP contribution in [0.5, 0.6) is 0 Å². The van der Waals surface area contributed by atoms with Gasteiger partial charge in [-0.05, 0) is 42.6 Å². The Morgan fingerprint density at radius 3 is 2.63 bits per heavy atom. The number of aliphatic hydroxyl groups excluding tert-OH is 1. The second kappa shape index (κ2) is 12.4. The van der Waals surface area contributed by atoms with Crippen molar-refractivity contribution >= 4 is 41.0 Å². The number of β-amino-alcohol motifs (C(OH)–C–C–N with tert-alkyl or cyclic N) is 1. The number of piperazine rings is 1. The number of nitrogens with one attached hydrogen (secondary N) is 1. The highest BCUT2D eigenvalue weighted by atomic mass is 19.2. The molecule has 1 aliphatic heterocycles. The number of aliphatic hydroxyl groups is 1. The quantitative estimate of drug-likeness (QED) is 0.399. The van der Waals surface area contributed by atoms with Crippen LogP contribution in [0.1, 0.15) is 5.56 Å². The van der Waals surface area contributed by atoms with E-state index >= 15 is 8.78 Å².